The molecule has 0 fully saturated rings. The van der Waals surface area contributed by atoms with Gasteiger partial charge in [-0.25, -0.2) is 4.98 Å². The van der Waals surface area contributed by atoms with Crippen LogP contribution in [-0.2, 0) is 29.5 Å². The van der Waals surface area contributed by atoms with Crippen LogP contribution >= 0.6 is 0 Å². The fraction of sp³-hybridized carbons (Fsp3) is 0.312. The average Bonchev–Trinajstić information content (AvgIpc) is 2.52. The normalized spacial score (nSPS) is 18.0. The molecule has 1 atom stereocenters. The van der Waals surface area contributed by atoms with Crippen molar-refractivity contribution in [3.63, 3.8) is 0 Å². The largest absolute Gasteiger partial charge is 0.312 e. The maximum absolute atomic E-state index is 11.2. The highest BCUT2D eigenvalue weighted by atomic mass is 32.2. The zero-order valence-corrected chi connectivity index (χ0v) is 12.9. The van der Waals surface area contributed by atoms with Crippen LogP contribution in [0.15, 0.2) is 47.5 Å². The van der Waals surface area contributed by atoms with Gasteiger partial charge in [0.1, 0.15) is 0 Å². The first-order valence-electron chi connectivity index (χ1n) is 7.26. The number of benzene rings is 1. The van der Waals surface area contributed by atoms with Gasteiger partial charge >= 0.3 is 10.1 Å². The van der Waals surface area contributed by atoms with Crippen molar-refractivity contribution in [2.75, 3.05) is 0 Å². The van der Waals surface area contributed by atoms with E-state index in [9.17, 15) is 8.42 Å². The molecule has 2 heterocycles. The van der Waals surface area contributed by atoms with Crippen LogP contribution in [0.25, 0.3) is 0 Å². The average molecular weight is 318 g/mol. The standard InChI is InChI=1S/C16H18N2O3S/c19-22(20,21)16-9-7-13-11-17-14(10-15(13)18-16)8-6-12-4-2-1-3-5-12/h1-5,7,9,14,17H,6,8,10-11H2,(H,19,20,21). The lowest BCUT2D eigenvalue weighted by Crippen LogP contribution is -2.36. The molecule has 0 spiro atoms. The fourth-order valence-corrected chi connectivity index (χ4v) is 3.21. The van der Waals surface area contributed by atoms with E-state index < -0.39 is 10.1 Å². The molecule has 1 aliphatic heterocycles. The number of aromatic nitrogens is 1. The fourth-order valence-electron chi connectivity index (χ4n) is 2.74. The molecule has 0 radical (unpaired) electrons. The van der Waals surface area contributed by atoms with Gasteiger partial charge in [-0.3, -0.25) is 4.55 Å². The van der Waals surface area contributed by atoms with Crippen molar-refractivity contribution < 1.29 is 13.0 Å². The minimum atomic E-state index is -4.24. The highest BCUT2D eigenvalue weighted by Gasteiger charge is 2.21. The molecule has 6 heteroatoms. The van der Waals surface area contributed by atoms with Crippen LogP contribution in [0.4, 0.5) is 0 Å². The number of fused-ring (bicyclic) bond motifs is 1. The highest BCUT2D eigenvalue weighted by molar-refractivity contribution is 7.85. The zero-order chi connectivity index (χ0) is 15.6. The van der Waals surface area contributed by atoms with Gasteiger partial charge in [0.05, 0.1) is 0 Å². The summed E-state index contributed by atoms with van der Waals surface area (Å²) < 4.78 is 31.5. The summed E-state index contributed by atoms with van der Waals surface area (Å²) in [6, 6.07) is 13.6. The van der Waals surface area contributed by atoms with Crippen molar-refractivity contribution in [2.24, 2.45) is 0 Å². The summed E-state index contributed by atoms with van der Waals surface area (Å²) in [4.78, 5) is 4.11. The van der Waals surface area contributed by atoms with Gasteiger partial charge in [-0.1, -0.05) is 36.4 Å². The summed E-state index contributed by atoms with van der Waals surface area (Å²) in [6.45, 7) is 0.674. The molecule has 1 unspecified atom stereocenters. The third kappa shape index (κ3) is 3.52. The second-order valence-electron chi connectivity index (χ2n) is 5.54. The van der Waals surface area contributed by atoms with Gasteiger partial charge in [0, 0.05) is 24.7 Å². The summed E-state index contributed by atoms with van der Waals surface area (Å²) in [6.07, 6.45) is 2.60. The Morgan fingerprint density at radius 1 is 1.18 bits per heavy atom. The van der Waals surface area contributed by atoms with Gasteiger partial charge in [0.2, 0.25) is 0 Å². The molecular formula is C16H18N2O3S. The number of nitrogens with one attached hydrogen (secondary N) is 1. The number of nitrogens with zero attached hydrogens (tertiary/aromatic N) is 1. The molecule has 1 aliphatic rings. The number of aryl methyl sites for hydroxylation is 1. The van der Waals surface area contributed by atoms with Gasteiger partial charge in [0.25, 0.3) is 0 Å². The lowest BCUT2D eigenvalue weighted by Gasteiger charge is -2.25. The molecule has 1 aromatic carbocycles. The van der Waals surface area contributed by atoms with E-state index in [1.807, 2.05) is 18.2 Å². The summed E-state index contributed by atoms with van der Waals surface area (Å²) in [5.74, 6) is 0. The number of pyridine rings is 1. The predicted molar refractivity (Wildman–Crippen MR) is 83.1 cm³/mol. The van der Waals surface area contributed by atoms with Crippen LogP contribution < -0.4 is 5.32 Å². The summed E-state index contributed by atoms with van der Waals surface area (Å²) in [5, 5.41) is 3.18. The van der Waals surface area contributed by atoms with E-state index in [-0.39, 0.29) is 11.1 Å². The lowest BCUT2D eigenvalue weighted by molar-refractivity contribution is 0.441. The molecule has 0 bridgehead atoms. The Morgan fingerprint density at radius 3 is 2.68 bits per heavy atom. The van der Waals surface area contributed by atoms with Crippen molar-refractivity contribution in [3.8, 4) is 0 Å². The first-order chi connectivity index (χ1) is 10.5. The smallest absolute Gasteiger partial charge is 0.309 e. The topological polar surface area (TPSA) is 79.3 Å². The first kappa shape index (κ1) is 15.1. The molecule has 0 amide bonds. The van der Waals surface area contributed by atoms with E-state index in [1.165, 1.54) is 11.6 Å². The number of hydrogen-bond donors (Lipinski definition) is 2. The third-order valence-electron chi connectivity index (χ3n) is 3.95. The van der Waals surface area contributed by atoms with E-state index in [2.05, 4.69) is 22.4 Å². The maximum Gasteiger partial charge on any atom is 0.312 e. The van der Waals surface area contributed by atoms with Gasteiger partial charge in [0.15, 0.2) is 5.03 Å². The highest BCUT2D eigenvalue weighted by Crippen LogP contribution is 2.19. The Hall–Kier alpha value is -1.76. The zero-order valence-electron chi connectivity index (χ0n) is 12.1. The van der Waals surface area contributed by atoms with Crippen molar-refractivity contribution in [1.29, 1.82) is 0 Å². The molecule has 2 aromatic rings. The van der Waals surface area contributed by atoms with Gasteiger partial charge in [-0.2, -0.15) is 8.42 Å². The van der Waals surface area contributed by atoms with Crippen LogP contribution in [0.2, 0.25) is 0 Å². The van der Waals surface area contributed by atoms with Gasteiger partial charge < -0.3 is 5.32 Å². The van der Waals surface area contributed by atoms with E-state index in [4.69, 9.17) is 4.55 Å². The maximum atomic E-state index is 11.2. The predicted octanol–water partition coefficient (Wildman–Crippen LogP) is 1.98. The minimum Gasteiger partial charge on any atom is -0.309 e. The molecule has 1 aromatic heterocycles. The minimum absolute atomic E-state index is 0.261. The molecule has 2 N–H and O–H groups in total. The summed E-state index contributed by atoms with van der Waals surface area (Å²) in [5.41, 5.74) is 3.03. The van der Waals surface area contributed by atoms with Gasteiger partial charge in [-0.15, -0.1) is 0 Å². The van der Waals surface area contributed by atoms with E-state index in [0.29, 0.717) is 13.0 Å². The molecule has 5 nitrogen and oxygen atoms in total. The van der Waals surface area contributed by atoms with Crippen LogP contribution in [0, 0.1) is 0 Å². The van der Waals surface area contributed by atoms with Gasteiger partial charge in [-0.05, 0) is 30.0 Å². The quantitative estimate of drug-likeness (QED) is 0.843. The van der Waals surface area contributed by atoms with Crippen LogP contribution in [0.1, 0.15) is 23.2 Å². The number of hydrogen-bond acceptors (Lipinski definition) is 4. The molecule has 0 aliphatic carbocycles. The summed E-state index contributed by atoms with van der Waals surface area (Å²) in [7, 11) is -4.24. The van der Waals surface area contributed by atoms with Crippen LogP contribution in [0.3, 0.4) is 0 Å². The van der Waals surface area contributed by atoms with Crippen LogP contribution in [-0.4, -0.2) is 24.0 Å². The summed E-state index contributed by atoms with van der Waals surface area (Å²) >= 11 is 0. The van der Waals surface area contributed by atoms with Crippen molar-refractivity contribution in [3.05, 3.63) is 59.3 Å². The SMILES string of the molecule is O=S(=O)(O)c1ccc2c(n1)CC(CCc1ccccc1)NC2. The monoisotopic (exact) mass is 318 g/mol. The van der Waals surface area contributed by atoms with Crippen molar-refractivity contribution in [1.82, 2.24) is 10.3 Å². The van der Waals surface area contributed by atoms with E-state index >= 15 is 0 Å². The Kier molecular flexibility index (Phi) is 4.24. The van der Waals surface area contributed by atoms with Crippen molar-refractivity contribution in [2.45, 2.75) is 36.9 Å². The Morgan fingerprint density at radius 2 is 1.95 bits per heavy atom. The molecule has 22 heavy (non-hydrogen) atoms. The molecule has 0 saturated carbocycles. The van der Waals surface area contributed by atoms with E-state index in [1.54, 1.807) is 6.07 Å². The van der Waals surface area contributed by atoms with E-state index in [0.717, 1.165) is 24.1 Å². The number of rotatable bonds is 4. The lowest BCUT2D eigenvalue weighted by atomic mass is 9.96. The molecule has 3 rings (SSSR count). The molecule has 0 saturated heterocycles. The van der Waals surface area contributed by atoms with Crippen LogP contribution in [0.5, 0.6) is 0 Å². The Bertz CT molecular complexity index is 760. The molecular weight excluding hydrogens is 300 g/mol. The second kappa shape index (κ2) is 6.16. The Balaban J connectivity index is 1.70. The van der Waals surface area contributed by atoms with Crippen molar-refractivity contribution >= 4 is 10.1 Å². The first-order valence-corrected chi connectivity index (χ1v) is 8.70. The molecule has 116 valence electrons. The second-order valence-corrected chi connectivity index (χ2v) is 6.91. The Labute approximate surface area is 130 Å². The third-order valence-corrected chi connectivity index (χ3v) is 4.71.